The highest BCUT2D eigenvalue weighted by atomic mass is 32.2. The average molecular weight is 649 g/mol. The van der Waals surface area contributed by atoms with Crippen LogP contribution in [0.25, 0.3) is 0 Å². The van der Waals surface area contributed by atoms with Crippen LogP contribution in [0.5, 0.6) is 0 Å². The molecule has 1 saturated heterocycles. The molecule has 0 aromatic heterocycles. The minimum atomic E-state index is -5.83. The van der Waals surface area contributed by atoms with Gasteiger partial charge in [-0.1, -0.05) is 0 Å². The third-order valence-electron chi connectivity index (χ3n) is 11.3. The summed E-state index contributed by atoms with van der Waals surface area (Å²) in [6.07, 6.45) is 3.06. The lowest BCUT2D eigenvalue weighted by molar-refractivity contribution is -0.206. The van der Waals surface area contributed by atoms with Crippen molar-refractivity contribution < 1.29 is 64.6 Å². The van der Waals surface area contributed by atoms with Crippen LogP contribution >= 0.6 is 0 Å². The number of rotatable bonds is 11. The van der Waals surface area contributed by atoms with E-state index in [1.54, 1.807) is 0 Å². The Morgan fingerprint density at radius 1 is 1.00 bits per heavy atom. The number of esters is 4. The molecule has 246 valence electrons. The predicted molar refractivity (Wildman–Crippen MR) is 142 cm³/mol. The van der Waals surface area contributed by atoms with Gasteiger partial charge in [-0.2, -0.15) is 17.2 Å². The Morgan fingerprint density at radius 2 is 1.57 bits per heavy atom. The Labute approximate surface area is 253 Å². The van der Waals surface area contributed by atoms with Crippen molar-refractivity contribution in [1.82, 2.24) is 0 Å². The van der Waals surface area contributed by atoms with E-state index in [1.165, 1.54) is 19.3 Å². The summed E-state index contributed by atoms with van der Waals surface area (Å²) in [5, 5.41) is -4.75. The number of carbonyl (C=O) groups excluding carboxylic acids is 4. The van der Waals surface area contributed by atoms with Crippen LogP contribution in [0.15, 0.2) is 0 Å². The summed E-state index contributed by atoms with van der Waals surface area (Å²) in [6.45, 7) is 2.73. The number of hydrogen-bond donors (Lipinski definition) is 1. The molecule has 1 N–H and O–H groups in total. The first-order chi connectivity index (χ1) is 20.4. The molecule has 0 aromatic carbocycles. The molecule has 6 bridgehead atoms. The molecule has 0 aromatic rings. The number of fused-ring (bicyclic) bond motifs is 1. The average Bonchev–Trinajstić information content (AvgIpc) is 3.51. The van der Waals surface area contributed by atoms with Gasteiger partial charge in [-0.05, 0) is 83.5 Å². The van der Waals surface area contributed by atoms with Crippen LogP contribution in [0.3, 0.4) is 0 Å². The van der Waals surface area contributed by atoms with Crippen molar-refractivity contribution in [2.24, 2.45) is 46.8 Å². The highest BCUT2D eigenvalue weighted by molar-refractivity contribution is 7.86. The maximum atomic E-state index is 13.8. The molecule has 7 fully saturated rings. The van der Waals surface area contributed by atoms with E-state index in [9.17, 15) is 36.4 Å². The van der Waals surface area contributed by atoms with Crippen molar-refractivity contribution >= 4 is 34.0 Å². The van der Waals surface area contributed by atoms with Gasteiger partial charge in [0, 0.05) is 17.3 Å². The van der Waals surface area contributed by atoms with Gasteiger partial charge in [-0.25, -0.2) is 9.59 Å². The van der Waals surface area contributed by atoms with Gasteiger partial charge in [-0.15, -0.1) is 0 Å². The summed E-state index contributed by atoms with van der Waals surface area (Å²) < 4.78 is 84.0. The zero-order valence-corrected chi connectivity index (χ0v) is 25.6. The number of hydrogen-bond acceptors (Lipinski definition) is 11. The zero-order valence-electron chi connectivity index (χ0n) is 24.7. The SMILES string of the molecule is CC(OC(=O)COCC(=O)OC1C2CC3C1OC(=O)C3C2C(=O)OC(C)(C)C12CC3CC(CC(C3)C1)C2)C(F)(F)S(=O)(=O)O. The van der Waals surface area contributed by atoms with Crippen LogP contribution in [0, 0.1) is 46.8 Å². The van der Waals surface area contributed by atoms with Crippen LogP contribution in [0.4, 0.5) is 8.78 Å². The number of ether oxygens (including phenoxy) is 5. The van der Waals surface area contributed by atoms with Gasteiger partial charge >= 0.3 is 39.2 Å². The molecule has 44 heavy (non-hydrogen) atoms. The molecule has 0 radical (unpaired) electrons. The Balaban J connectivity index is 1.05. The Hall–Kier alpha value is -2.39. The van der Waals surface area contributed by atoms with Gasteiger partial charge < -0.3 is 23.7 Å². The molecule has 15 heteroatoms. The Bertz CT molecular complexity index is 1310. The molecule has 1 heterocycles. The Morgan fingerprint density at radius 3 is 2.14 bits per heavy atom. The molecule has 6 aliphatic carbocycles. The van der Waals surface area contributed by atoms with Crippen LogP contribution in [0.1, 0.15) is 65.7 Å². The normalized spacial score (nSPS) is 39.2. The Kier molecular flexibility index (Phi) is 7.59. The lowest BCUT2D eigenvalue weighted by Crippen LogP contribution is -2.58. The summed E-state index contributed by atoms with van der Waals surface area (Å²) in [5.41, 5.74) is -0.834. The van der Waals surface area contributed by atoms with E-state index < -0.39 is 94.1 Å². The van der Waals surface area contributed by atoms with E-state index in [1.807, 2.05) is 13.8 Å². The van der Waals surface area contributed by atoms with Gasteiger partial charge in [0.1, 0.15) is 31.0 Å². The fourth-order valence-electron chi connectivity index (χ4n) is 9.66. The summed E-state index contributed by atoms with van der Waals surface area (Å²) >= 11 is 0. The van der Waals surface area contributed by atoms with Crippen molar-refractivity contribution in [2.75, 3.05) is 13.2 Å². The monoisotopic (exact) mass is 648 g/mol. The molecule has 7 aliphatic rings. The standard InChI is InChI=1S/C29H38F2O12S/c1-13(29(30,31)44(36,37)38)40-19(32)11-39-12-20(33)41-23-18-7-17-21(25(34)42-24(17)23)22(18)26(35)43-27(2,3)28-8-14-4-15(9-28)6-16(5-14)10-28/h13-18,21-24H,4-12H2,1-3H3,(H,36,37,38). The van der Waals surface area contributed by atoms with E-state index >= 15 is 0 Å². The molecule has 6 saturated carbocycles. The van der Waals surface area contributed by atoms with Crippen LogP contribution in [-0.2, 0) is 53.0 Å². The first-order valence-electron chi connectivity index (χ1n) is 15.2. The van der Waals surface area contributed by atoms with Crippen LogP contribution in [-0.4, -0.2) is 79.2 Å². The number of carbonyl (C=O) groups is 4. The quantitative estimate of drug-likeness (QED) is 0.198. The van der Waals surface area contributed by atoms with Crippen molar-refractivity contribution in [1.29, 1.82) is 0 Å². The molecule has 7 atom stereocenters. The number of halogens is 2. The highest BCUT2D eigenvalue weighted by Gasteiger charge is 2.71. The fraction of sp³-hybridized carbons (Fsp3) is 0.862. The first-order valence-corrected chi connectivity index (χ1v) is 16.6. The minimum Gasteiger partial charge on any atom is -0.459 e. The van der Waals surface area contributed by atoms with Gasteiger partial charge in [0.15, 0.2) is 6.10 Å². The second-order valence-electron chi connectivity index (χ2n) is 14.3. The van der Waals surface area contributed by atoms with E-state index in [0.29, 0.717) is 31.1 Å². The maximum absolute atomic E-state index is 13.8. The summed E-state index contributed by atoms with van der Waals surface area (Å²) in [7, 11) is -5.83. The third kappa shape index (κ3) is 5.10. The molecular formula is C29H38F2O12S. The molecule has 12 nitrogen and oxygen atoms in total. The second-order valence-corrected chi connectivity index (χ2v) is 15.8. The third-order valence-corrected chi connectivity index (χ3v) is 12.3. The molecule has 0 spiro atoms. The first kappa shape index (κ1) is 31.6. The molecule has 0 amide bonds. The minimum absolute atomic E-state index is 0.0991. The number of alkyl halides is 2. The van der Waals surface area contributed by atoms with Crippen molar-refractivity contribution in [2.45, 2.75) is 94.9 Å². The largest absolute Gasteiger partial charge is 0.459 e. The molecular weight excluding hydrogens is 610 g/mol. The van der Waals surface area contributed by atoms with Crippen LogP contribution < -0.4 is 0 Å². The molecule has 7 unspecified atom stereocenters. The summed E-state index contributed by atoms with van der Waals surface area (Å²) in [5.74, 6) is -3.75. The van der Waals surface area contributed by atoms with E-state index in [4.69, 9.17) is 23.5 Å². The van der Waals surface area contributed by atoms with Gasteiger partial charge in [0.25, 0.3) is 0 Å². The predicted octanol–water partition coefficient (Wildman–Crippen LogP) is 2.67. The van der Waals surface area contributed by atoms with Gasteiger partial charge in [0.2, 0.25) is 0 Å². The van der Waals surface area contributed by atoms with Crippen molar-refractivity contribution in [3.8, 4) is 0 Å². The fourth-order valence-corrected chi connectivity index (χ4v) is 10.1. The van der Waals surface area contributed by atoms with Crippen molar-refractivity contribution in [3.05, 3.63) is 0 Å². The molecule has 1 aliphatic heterocycles. The lowest BCUT2D eigenvalue weighted by atomic mass is 9.46. The second kappa shape index (κ2) is 10.6. The highest BCUT2D eigenvalue weighted by Crippen LogP contribution is 2.65. The van der Waals surface area contributed by atoms with Crippen LogP contribution in [0.2, 0.25) is 0 Å². The maximum Gasteiger partial charge on any atom is 0.405 e. The van der Waals surface area contributed by atoms with E-state index in [-0.39, 0.29) is 11.3 Å². The van der Waals surface area contributed by atoms with E-state index in [2.05, 4.69) is 4.74 Å². The lowest BCUT2D eigenvalue weighted by Gasteiger charge is -2.61. The zero-order chi connectivity index (χ0) is 32.0. The van der Waals surface area contributed by atoms with Gasteiger partial charge in [-0.3, -0.25) is 14.1 Å². The van der Waals surface area contributed by atoms with Crippen molar-refractivity contribution in [3.63, 3.8) is 0 Å². The summed E-state index contributed by atoms with van der Waals surface area (Å²) in [4.78, 5) is 51.1. The van der Waals surface area contributed by atoms with E-state index in [0.717, 1.165) is 19.3 Å². The van der Waals surface area contributed by atoms with Gasteiger partial charge in [0.05, 0.1) is 11.8 Å². The summed E-state index contributed by atoms with van der Waals surface area (Å²) in [6, 6.07) is 0. The molecule has 7 rings (SSSR count). The smallest absolute Gasteiger partial charge is 0.405 e. The topological polar surface area (TPSA) is 169 Å².